The predicted molar refractivity (Wildman–Crippen MR) is 157 cm³/mol. The number of carbonyl (C=O) groups excluding carboxylic acids is 5. The number of rotatable bonds is 12. The number of halogens is 2. The van der Waals surface area contributed by atoms with Gasteiger partial charge in [0, 0.05) is 37.3 Å². The summed E-state index contributed by atoms with van der Waals surface area (Å²) >= 11 is 0. The molecule has 248 valence electrons. The first-order valence-corrected chi connectivity index (χ1v) is 16.1. The number of likely N-dealkylation sites (N-methyl/N-ethyl adjacent to an activating group) is 1. The maximum Gasteiger partial charge on any atom is 0.289 e. The van der Waals surface area contributed by atoms with Crippen LogP contribution >= 0.6 is 0 Å². The summed E-state index contributed by atoms with van der Waals surface area (Å²) < 4.78 is 27.8. The zero-order valence-corrected chi connectivity index (χ0v) is 26.3. The highest BCUT2D eigenvalue weighted by Gasteiger charge is 2.52. The molecule has 0 spiro atoms. The quantitative estimate of drug-likeness (QED) is 0.206. The van der Waals surface area contributed by atoms with Gasteiger partial charge in [-0.05, 0) is 63.3 Å². The van der Waals surface area contributed by atoms with Gasteiger partial charge >= 0.3 is 0 Å². The molecule has 3 aliphatic carbocycles. The molecule has 3 saturated carbocycles. The molecule has 5 atom stereocenters. The Morgan fingerprint density at radius 2 is 1.59 bits per heavy atom. The number of alkyl halides is 2. The van der Waals surface area contributed by atoms with Crippen LogP contribution in [-0.4, -0.2) is 89.3 Å². The van der Waals surface area contributed by atoms with Crippen LogP contribution in [0.2, 0.25) is 0 Å². The zero-order valence-electron chi connectivity index (χ0n) is 26.3. The monoisotopic (exact) mass is 625 g/mol. The molecule has 13 heteroatoms. The molecule has 0 aromatic rings. The van der Waals surface area contributed by atoms with Crippen molar-refractivity contribution in [2.24, 2.45) is 23.2 Å². The lowest BCUT2D eigenvalue weighted by atomic mass is 9.75. The molecule has 11 nitrogen and oxygen atoms in total. The van der Waals surface area contributed by atoms with Gasteiger partial charge in [-0.2, -0.15) is 0 Å². The number of nitrogens with zero attached hydrogens (tertiary/aromatic N) is 1. The van der Waals surface area contributed by atoms with E-state index in [9.17, 15) is 37.9 Å². The van der Waals surface area contributed by atoms with E-state index in [0.29, 0.717) is 25.8 Å². The molecule has 4 amide bonds. The average Bonchev–Trinajstić information content (AvgIpc) is 3.59. The predicted octanol–water partition coefficient (Wildman–Crippen LogP) is 1.62. The summed E-state index contributed by atoms with van der Waals surface area (Å²) in [5.41, 5.74) is -0.876. The number of amides is 4. The Kier molecular flexibility index (Phi) is 10.7. The highest BCUT2D eigenvalue weighted by Crippen LogP contribution is 2.45. The zero-order chi connectivity index (χ0) is 32.4. The molecular formula is C31H49F2N5O6. The lowest BCUT2D eigenvalue weighted by Crippen LogP contribution is -2.62. The van der Waals surface area contributed by atoms with Gasteiger partial charge in [-0.15, -0.1) is 0 Å². The number of ketones is 1. The molecule has 0 aromatic carbocycles. The number of carbonyl (C=O) groups is 5. The second kappa shape index (κ2) is 13.8. The third-order valence-electron chi connectivity index (χ3n) is 9.57. The Balaban J connectivity index is 1.56. The van der Waals surface area contributed by atoms with Crippen molar-refractivity contribution in [2.45, 2.75) is 128 Å². The molecule has 44 heavy (non-hydrogen) atoms. The molecule has 5 N–H and O–H groups in total. The lowest BCUT2D eigenvalue weighted by molar-refractivity contribution is -0.156. The fourth-order valence-electron chi connectivity index (χ4n) is 6.64. The van der Waals surface area contributed by atoms with E-state index in [1.54, 1.807) is 20.8 Å². The van der Waals surface area contributed by atoms with Crippen molar-refractivity contribution in [1.29, 1.82) is 0 Å². The second-order valence-electron chi connectivity index (χ2n) is 14.4. The SMILES string of the molecule is CN(C(=O)[C@H](NC(=O)C(C)(C)C)C1CC(F)(F)C1)[C@H](C(=O)N[C@@H](C[C@@H]1CCCNC1O)C(=O)C(=O)NC1CC1)C1CCCC1. The van der Waals surface area contributed by atoms with Crippen LogP contribution in [0.4, 0.5) is 8.78 Å². The number of aliphatic hydroxyl groups excluding tert-OH is 1. The first-order valence-electron chi connectivity index (χ1n) is 16.1. The minimum absolute atomic E-state index is 0.0350. The minimum atomic E-state index is -2.93. The van der Waals surface area contributed by atoms with Gasteiger partial charge in [0.1, 0.15) is 18.3 Å². The summed E-state index contributed by atoms with van der Waals surface area (Å²) in [4.78, 5) is 68.3. The van der Waals surface area contributed by atoms with Crippen LogP contribution in [0.1, 0.15) is 91.4 Å². The summed E-state index contributed by atoms with van der Waals surface area (Å²) in [6.07, 6.45) is 3.90. The van der Waals surface area contributed by atoms with Crippen molar-refractivity contribution in [3.63, 3.8) is 0 Å². The van der Waals surface area contributed by atoms with Crippen LogP contribution in [0.3, 0.4) is 0 Å². The van der Waals surface area contributed by atoms with E-state index in [0.717, 1.165) is 32.1 Å². The van der Waals surface area contributed by atoms with E-state index in [-0.39, 0.29) is 24.3 Å². The highest BCUT2D eigenvalue weighted by molar-refractivity contribution is 6.38. The molecule has 4 aliphatic rings. The van der Waals surface area contributed by atoms with Crippen LogP contribution in [0, 0.1) is 23.2 Å². The second-order valence-corrected chi connectivity index (χ2v) is 14.4. The minimum Gasteiger partial charge on any atom is -0.378 e. The van der Waals surface area contributed by atoms with Crippen molar-refractivity contribution in [3.8, 4) is 0 Å². The molecular weight excluding hydrogens is 576 g/mol. The Bertz CT molecular complexity index is 1100. The van der Waals surface area contributed by atoms with E-state index in [1.807, 2.05) is 0 Å². The topological polar surface area (TPSA) is 157 Å². The summed E-state index contributed by atoms with van der Waals surface area (Å²) in [7, 11) is 1.43. The molecule has 4 rings (SSSR count). The molecule has 4 fully saturated rings. The van der Waals surface area contributed by atoms with Gasteiger partial charge < -0.3 is 26.0 Å². The fourth-order valence-corrected chi connectivity index (χ4v) is 6.64. The van der Waals surface area contributed by atoms with Gasteiger partial charge in [0.25, 0.3) is 5.91 Å². The number of aliphatic hydroxyl groups is 1. The Morgan fingerprint density at radius 3 is 2.14 bits per heavy atom. The third kappa shape index (κ3) is 8.52. The standard InChI is InChI=1S/C31H49F2N5O6/c1-30(2,3)29(44)37-22(19-15-31(32,33)16-19)28(43)38(4)23(17-8-5-6-9-17)26(41)36-21(14-18-10-7-13-34-25(18)40)24(39)27(42)35-20-11-12-20/h17-23,25,34,40H,5-16H2,1-4H3,(H,35,42)(H,36,41)(H,37,44)/t18-,21-,22+,23-,25?/m0/s1. The van der Waals surface area contributed by atoms with Gasteiger partial charge in [-0.1, -0.05) is 33.6 Å². The first kappa shape index (κ1) is 34.2. The third-order valence-corrected chi connectivity index (χ3v) is 9.57. The number of hydrogen-bond donors (Lipinski definition) is 5. The smallest absolute Gasteiger partial charge is 0.289 e. The number of piperidine rings is 1. The van der Waals surface area contributed by atoms with Gasteiger partial charge in [0.05, 0.1) is 6.04 Å². The number of nitrogens with one attached hydrogen (secondary N) is 4. The average molecular weight is 626 g/mol. The van der Waals surface area contributed by atoms with Crippen LogP contribution in [-0.2, 0) is 24.0 Å². The highest BCUT2D eigenvalue weighted by atomic mass is 19.3. The van der Waals surface area contributed by atoms with Gasteiger partial charge in [0.2, 0.25) is 29.4 Å². The molecule has 0 radical (unpaired) electrons. The summed E-state index contributed by atoms with van der Waals surface area (Å²) in [6, 6.07) is -3.59. The van der Waals surface area contributed by atoms with E-state index < -0.39 is 83.9 Å². The molecule has 1 heterocycles. The van der Waals surface area contributed by atoms with Crippen molar-refractivity contribution < 1.29 is 37.9 Å². The lowest BCUT2D eigenvalue weighted by Gasteiger charge is -2.43. The maximum absolute atomic E-state index is 14.1. The Labute approximate surface area is 258 Å². The summed E-state index contributed by atoms with van der Waals surface area (Å²) in [5, 5.41) is 21.6. The van der Waals surface area contributed by atoms with E-state index >= 15 is 0 Å². The molecule has 1 unspecified atom stereocenters. The van der Waals surface area contributed by atoms with Crippen molar-refractivity contribution in [3.05, 3.63) is 0 Å². The van der Waals surface area contributed by atoms with E-state index in [1.165, 1.54) is 11.9 Å². The molecule has 0 aromatic heterocycles. The largest absolute Gasteiger partial charge is 0.378 e. The van der Waals surface area contributed by atoms with E-state index in [2.05, 4.69) is 21.3 Å². The maximum atomic E-state index is 14.1. The van der Waals surface area contributed by atoms with Crippen LogP contribution in [0.25, 0.3) is 0 Å². The number of hydrogen-bond acceptors (Lipinski definition) is 7. The van der Waals surface area contributed by atoms with Crippen LogP contribution in [0.15, 0.2) is 0 Å². The van der Waals surface area contributed by atoms with Gasteiger partial charge in [-0.25, -0.2) is 8.78 Å². The van der Waals surface area contributed by atoms with Crippen molar-refractivity contribution >= 4 is 29.4 Å². The normalized spacial score (nSPS) is 26.1. The molecule has 0 bridgehead atoms. The van der Waals surface area contributed by atoms with Gasteiger partial charge in [0.15, 0.2) is 0 Å². The van der Waals surface area contributed by atoms with E-state index in [4.69, 9.17) is 0 Å². The Morgan fingerprint density at radius 1 is 0.955 bits per heavy atom. The molecule has 1 saturated heterocycles. The Hall–Kier alpha value is -2.67. The van der Waals surface area contributed by atoms with Crippen molar-refractivity contribution in [1.82, 2.24) is 26.2 Å². The van der Waals surface area contributed by atoms with Crippen molar-refractivity contribution in [2.75, 3.05) is 13.6 Å². The van der Waals surface area contributed by atoms with Crippen LogP contribution in [0.5, 0.6) is 0 Å². The summed E-state index contributed by atoms with van der Waals surface area (Å²) in [5.74, 6) is -7.70. The fraction of sp³-hybridized carbons (Fsp3) is 0.839. The first-order chi connectivity index (χ1) is 20.6. The van der Waals surface area contributed by atoms with Gasteiger partial charge in [-0.3, -0.25) is 29.3 Å². The van der Waals surface area contributed by atoms with Crippen LogP contribution < -0.4 is 21.3 Å². The number of Topliss-reactive ketones (excluding diaryl/α,β-unsaturated/α-hetero) is 1. The summed E-state index contributed by atoms with van der Waals surface area (Å²) in [6.45, 7) is 5.59. The molecule has 1 aliphatic heterocycles.